The smallest absolute Gasteiger partial charge is 0.292 e. The molecule has 5 rings (SSSR count). The summed E-state index contributed by atoms with van der Waals surface area (Å²) in [4.78, 5) is 29.9. The SMILES string of the molecule is O=C(/C=C/c1ccc(-c2ccc(Cl)cc2)o1)NC(=S)N1CCN(c2ccc([N+](=O)[O-])c(N3CCOCC3)c2)CC1. The predicted molar refractivity (Wildman–Crippen MR) is 159 cm³/mol. The van der Waals surface area contributed by atoms with E-state index < -0.39 is 0 Å². The fourth-order valence-electron chi connectivity index (χ4n) is 4.68. The first-order chi connectivity index (χ1) is 19.4. The minimum absolute atomic E-state index is 0.0944. The van der Waals surface area contributed by atoms with E-state index in [9.17, 15) is 14.9 Å². The Hall–Kier alpha value is -3.93. The van der Waals surface area contributed by atoms with Gasteiger partial charge >= 0.3 is 0 Å². The molecule has 40 heavy (non-hydrogen) atoms. The number of nitro groups is 1. The largest absolute Gasteiger partial charge is 0.457 e. The van der Waals surface area contributed by atoms with Gasteiger partial charge < -0.3 is 23.9 Å². The van der Waals surface area contributed by atoms with Crippen molar-refractivity contribution in [2.45, 2.75) is 0 Å². The van der Waals surface area contributed by atoms with E-state index in [0.29, 0.717) is 79.8 Å². The zero-order chi connectivity index (χ0) is 28.1. The number of furan rings is 1. The first kappa shape index (κ1) is 27.6. The molecule has 0 atom stereocenters. The second-order valence-corrected chi connectivity index (χ2v) is 10.2. The van der Waals surface area contributed by atoms with Gasteiger partial charge in [-0.15, -0.1) is 0 Å². The van der Waals surface area contributed by atoms with E-state index in [1.54, 1.807) is 36.4 Å². The summed E-state index contributed by atoms with van der Waals surface area (Å²) in [5.41, 5.74) is 2.51. The highest BCUT2D eigenvalue weighted by atomic mass is 35.5. The van der Waals surface area contributed by atoms with Crippen molar-refractivity contribution < 1.29 is 18.9 Å². The Kier molecular flexibility index (Phi) is 8.63. The first-order valence-corrected chi connectivity index (χ1v) is 13.7. The van der Waals surface area contributed by atoms with Gasteiger partial charge in [0.1, 0.15) is 17.2 Å². The molecule has 1 aromatic heterocycles. The lowest BCUT2D eigenvalue weighted by Crippen LogP contribution is -2.52. The second kappa shape index (κ2) is 12.5. The van der Waals surface area contributed by atoms with Gasteiger partial charge in [0.2, 0.25) is 5.91 Å². The number of amides is 1. The van der Waals surface area contributed by atoms with Crippen LogP contribution in [0.4, 0.5) is 17.1 Å². The number of thiocarbonyl (C=S) groups is 1. The third-order valence-corrected chi connectivity index (χ3v) is 7.44. The summed E-state index contributed by atoms with van der Waals surface area (Å²) in [7, 11) is 0. The Labute approximate surface area is 241 Å². The number of rotatable bonds is 6. The minimum atomic E-state index is -0.345. The minimum Gasteiger partial charge on any atom is -0.457 e. The first-order valence-electron chi connectivity index (χ1n) is 12.9. The summed E-state index contributed by atoms with van der Waals surface area (Å²) in [6.45, 7) is 4.85. The summed E-state index contributed by atoms with van der Waals surface area (Å²) in [6.07, 6.45) is 2.98. The third-order valence-electron chi connectivity index (χ3n) is 6.82. The Morgan fingerprint density at radius 3 is 2.40 bits per heavy atom. The highest BCUT2D eigenvalue weighted by Crippen LogP contribution is 2.33. The Morgan fingerprint density at radius 2 is 1.70 bits per heavy atom. The maximum atomic E-state index is 12.5. The summed E-state index contributed by atoms with van der Waals surface area (Å²) in [6, 6.07) is 16.2. The number of hydrogen-bond acceptors (Lipinski definition) is 8. The summed E-state index contributed by atoms with van der Waals surface area (Å²) in [5, 5.41) is 15.4. The van der Waals surface area contributed by atoms with Crippen LogP contribution in [0.1, 0.15) is 5.76 Å². The molecule has 0 saturated carbocycles. The molecule has 3 aromatic rings. The van der Waals surface area contributed by atoms with Gasteiger partial charge in [-0.05, 0) is 66.8 Å². The van der Waals surface area contributed by atoms with E-state index >= 15 is 0 Å². The lowest BCUT2D eigenvalue weighted by molar-refractivity contribution is -0.384. The molecule has 0 radical (unpaired) electrons. The van der Waals surface area contributed by atoms with Gasteiger partial charge in [0.25, 0.3) is 5.69 Å². The molecule has 2 aromatic carbocycles. The van der Waals surface area contributed by atoms with Crippen LogP contribution in [0, 0.1) is 10.1 Å². The number of benzene rings is 2. The number of piperazine rings is 1. The standard InChI is InChI=1S/C28H28ClN5O5S/c29-21-3-1-20(2-4-21)26-9-6-23(39-26)7-10-27(35)30-28(40)33-13-11-31(12-14-33)22-5-8-24(34(36)37)25(19-22)32-15-17-38-18-16-32/h1-10,19H,11-18H2,(H,30,35,40)/b10-7+. The second-order valence-electron chi connectivity index (χ2n) is 9.34. The van der Waals surface area contributed by atoms with Gasteiger partial charge in [0.05, 0.1) is 18.1 Å². The topological polar surface area (TPSA) is 104 Å². The van der Waals surface area contributed by atoms with Crippen LogP contribution < -0.4 is 15.1 Å². The van der Waals surface area contributed by atoms with Gasteiger partial charge in [0.15, 0.2) is 5.11 Å². The van der Waals surface area contributed by atoms with Crippen LogP contribution in [0.15, 0.2) is 65.1 Å². The number of nitrogens with zero attached hydrogens (tertiary/aromatic N) is 4. The van der Waals surface area contributed by atoms with Crippen LogP contribution >= 0.6 is 23.8 Å². The molecule has 2 saturated heterocycles. The zero-order valence-electron chi connectivity index (χ0n) is 21.6. The average molecular weight is 582 g/mol. The molecule has 0 bridgehead atoms. The molecule has 0 aliphatic carbocycles. The van der Waals surface area contributed by atoms with E-state index in [4.69, 9.17) is 33.0 Å². The number of nitro benzene ring substituents is 1. The normalized spacial score (nSPS) is 15.9. The molecule has 12 heteroatoms. The van der Waals surface area contributed by atoms with Crippen LogP contribution in [0.25, 0.3) is 17.4 Å². The Morgan fingerprint density at radius 1 is 0.975 bits per heavy atom. The van der Waals surface area contributed by atoms with Crippen molar-refractivity contribution >= 4 is 58.0 Å². The zero-order valence-corrected chi connectivity index (χ0v) is 23.2. The van der Waals surface area contributed by atoms with Gasteiger partial charge in [0, 0.05) is 67.7 Å². The highest BCUT2D eigenvalue weighted by molar-refractivity contribution is 7.80. The van der Waals surface area contributed by atoms with E-state index in [-0.39, 0.29) is 16.5 Å². The molecule has 1 N–H and O–H groups in total. The van der Waals surface area contributed by atoms with Crippen molar-refractivity contribution in [3.63, 3.8) is 0 Å². The number of carbonyl (C=O) groups is 1. The van der Waals surface area contributed by atoms with Gasteiger partial charge in [-0.1, -0.05) is 11.6 Å². The van der Waals surface area contributed by atoms with Crippen LogP contribution in [0.3, 0.4) is 0 Å². The van der Waals surface area contributed by atoms with Crippen molar-refractivity contribution in [3.05, 3.63) is 81.6 Å². The number of hydrogen-bond donors (Lipinski definition) is 1. The Balaban J connectivity index is 1.14. The molecule has 10 nitrogen and oxygen atoms in total. The highest BCUT2D eigenvalue weighted by Gasteiger charge is 2.25. The van der Waals surface area contributed by atoms with E-state index in [2.05, 4.69) is 10.2 Å². The average Bonchev–Trinajstić information content (AvgIpc) is 3.46. The number of anilines is 2. The fourth-order valence-corrected chi connectivity index (χ4v) is 5.09. The maximum Gasteiger partial charge on any atom is 0.292 e. The fraction of sp³-hybridized carbons (Fsp3) is 0.286. The molecular weight excluding hydrogens is 554 g/mol. The number of ether oxygens (including phenoxy) is 1. The molecule has 0 spiro atoms. The van der Waals surface area contributed by atoms with Crippen LogP contribution in [-0.4, -0.2) is 73.3 Å². The summed E-state index contributed by atoms with van der Waals surface area (Å²) < 4.78 is 11.2. The van der Waals surface area contributed by atoms with Gasteiger partial charge in [-0.2, -0.15) is 0 Å². The lowest BCUT2D eigenvalue weighted by Gasteiger charge is -2.37. The molecule has 2 aliphatic rings. The molecule has 2 aliphatic heterocycles. The van der Waals surface area contributed by atoms with Gasteiger partial charge in [-0.25, -0.2) is 0 Å². The predicted octanol–water partition coefficient (Wildman–Crippen LogP) is 4.58. The van der Waals surface area contributed by atoms with Crippen LogP contribution in [-0.2, 0) is 9.53 Å². The molecule has 2 fully saturated rings. The van der Waals surface area contributed by atoms with E-state index in [1.165, 1.54) is 6.08 Å². The lowest BCUT2D eigenvalue weighted by atomic mass is 10.1. The number of halogens is 1. The monoisotopic (exact) mass is 581 g/mol. The summed E-state index contributed by atoms with van der Waals surface area (Å²) >= 11 is 11.4. The number of nitrogens with one attached hydrogen (secondary N) is 1. The molecule has 3 heterocycles. The molecular formula is C28H28ClN5O5S. The summed E-state index contributed by atoms with van der Waals surface area (Å²) in [5.74, 6) is 0.872. The van der Waals surface area contributed by atoms with Crippen LogP contribution in [0.2, 0.25) is 5.02 Å². The molecule has 0 unspecified atom stereocenters. The molecule has 1 amide bonds. The van der Waals surface area contributed by atoms with Crippen molar-refractivity contribution in [2.24, 2.45) is 0 Å². The van der Waals surface area contributed by atoms with Gasteiger partial charge in [-0.3, -0.25) is 20.2 Å². The van der Waals surface area contributed by atoms with Crippen molar-refractivity contribution in [2.75, 3.05) is 62.3 Å². The van der Waals surface area contributed by atoms with Crippen molar-refractivity contribution in [1.82, 2.24) is 10.2 Å². The number of carbonyl (C=O) groups excluding carboxylic acids is 1. The number of morpholine rings is 1. The Bertz CT molecular complexity index is 1410. The van der Waals surface area contributed by atoms with Crippen molar-refractivity contribution in [3.8, 4) is 11.3 Å². The van der Waals surface area contributed by atoms with E-state index in [0.717, 1.165) is 11.3 Å². The van der Waals surface area contributed by atoms with Crippen LogP contribution in [0.5, 0.6) is 0 Å². The third kappa shape index (κ3) is 6.61. The van der Waals surface area contributed by atoms with Crippen molar-refractivity contribution in [1.29, 1.82) is 0 Å². The molecule has 208 valence electrons. The van der Waals surface area contributed by atoms with E-state index in [1.807, 2.05) is 34.1 Å². The maximum absolute atomic E-state index is 12.5. The quantitative estimate of drug-likeness (QED) is 0.194.